The Balaban J connectivity index is 1.85. The molecule has 0 saturated carbocycles. The molecule has 0 aliphatic heterocycles. The minimum absolute atomic E-state index is 0.144. The molecular formula is C16H22N2O2. The third kappa shape index (κ3) is 4.31. The van der Waals surface area contributed by atoms with Crippen LogP contribution in [0.3, 0.4) is 0 Å². The van der Waals surface area contributed by atoms with Gasteiger partial charge in [-0.25, -0.2) is 0 Å². The largest absolute Gasteiger partial charge is 0.492 e. The summed E-state index contributed by atoms with van der Waals surface area (Å²) in [7, 11) is 4.07. The van der Waals surface area contributed by atoms with Crippen LogP contribution in [0.25, 0.3) is 0 Å². The van der Waals surface area contributed by atoms with Crippen molar-refractivity contribution in [1.29, 1.82) is 0 Å². The lowest BCUT2D eigenvalue weighted by Crippen LogP contribution is -2.19. The molecule has 1 aromatic carbocycles. The molecule has 2 aromatic rings. The molecule has 0 amide bonds. The number of hydrogen-bond acceptors (Lipinski definition) is 4. The molecule has 0 radical (unpaired) electrons. The van der Waals surface area contributed by atoms with Crippen molar-refractivity contribution in [3.05, 3.63) is 48.4 Å². The lowest BCUT2D eigenvalue weighted by atomic mass is 10.2. The van der Waals surface area contributed by atoms with Crippen molar-refractivity contribution < 1.29 is 9.15 Å². The summed E-state index contributed by atoms with van der Waals surface area (Å²) < 4.78 is 11.0. The van der Waals surface area contributed by atoms with Gasteiger partial charge in [-0.15, -0.1) is 0 Å². The fourth-order valence-corrected chi connectivity index (χ4v) is 1.85. The highest BCUT2D eigenvalue weighted by molar-refractivity contribution is 5.47. The van der Waals surface area contributed by atoms with Gasteiger partial charge in [0.2, 0.25) is 0 Å². The van der Waals surface area contributed by atoms with E-state index < -0.39 is 0 Å². The predicted molar refractivity (Wildman–Crippen MR) is 81.2 cm³/mol. The maximum absolute atomic E-state index is 5.66. The molecule has 108 valence electrons. The van der Waals surface area contributed by atoms with Gasteiger partial charge in [0, 0.05) is 12.2 Å². The molecule has 4 heteroatoms. The van der Waals surface area contributed by atoms with Crippen molar-refractivity contribution in [1.82, 2.24) is 4.90 Å². The van der Waals surface area contributed by atoms with Gasteiger partial charge in [-0.2, -0.15) is 0 Å². The molecule has 0 aliphatic rings. The zero-order valence-corrected chi connectivity index (χ0v) is 12.3. The van der Waals surface area contributed by atoms with Crippen LogP contribution in [0, 0.1) is 0 Å². The fourth-order valence-electron chi connectivity index (χ4n) is 1.85. The van der Waals surface area contributed by atoms with Crippen LogP contribution in [0.5, 0.6) is 5.75 Å². The summed E-state index contributed by atoms with van der Waals surface area (Å²) in [6.45, 7) is 3.68. The zero-order valence-electron chi connectivity index (χ0n) is 12.3. The number of nitrogens with zero attached hydrogens (tertiary/aromatic N) is 1. The van der Waals surface area contributed by atoms with Crippen LogP contribution in [0.4, 0.5) is 5.69 Å². The number of ether oxygens (including phenoxy) is 1. The number of likely N-dealkylation sites (N-methyl/N-ethyl adjacent to an activating group) is 1. The Morgan fingerprint density at radius 3 is 2.55 bits per heavy atom. The van der Waals surface area contributed by atoms with Crippen LogP contribution in [-0.4, -0.2) is 32.1 Å². The van der Waals surface area contributed by atoms with Crippen molar-refractivity contribution in [3.8, 4) is 5.75 Å². The Kier molecular flexibility index (Phi) is 5.07. The van der Waals surface area contributed by atoms with E-state index in [1.54, 1.807) is 6.26 Å². The maximum Gasteiger partial charge on any atom is 0.125 e. The second-order valence-corrected chi connectivity index (χ2v) is 5.06. The molecule has 0 saturated heterocycles. The van der Waals surface area contributed by atoms with Gasteiger partial charge in [-0.05, 0) is 57.4 Å². The van der Waals surface area contributed by atoms with Gasteiger partial charge >= 0.3 is 0 Å². The Labute approximate surface area is 120 Å². The molecular weight excluding hydrogens is 252 g/mol. The average molecular weight is 274 g/mol. The number of rotatable bonds is 7. The Morgan fingerprint density at radius 1 is 1.20 bits per heavy atom. The summed E-state index contributed by atoms with van der Waals surface area (Å²) in [5, 5.41) is 3.39. The fraction of sp³-hybridized carbons (Fsp3) is 0.375. The molecule has 2 rings (SSSR count). The molecule has 20 heavy (non-hydrogen) atoms. The smallest absolute Gasteiger partial charge is 0.125 e. The molecule has 4 nitrogen and oxygen atoms in total. The van der Waals surface area contributed by atoms with Crippen molar-refractivity contribution in [3.63, 3.8) is 0 Å². The highest BCUT2D eigenvalue weighted by atomic mass is 16.5. The highest BCUT2D eigenvalue weighted by Crippen LogP contribution is 2.21. The van der Waals surface area contributed by atoms with Crippen molar-refractivity contribution in [2.24, 2.45) is 0 Å². The van der Waals surface area contributed by atoms with Crippen LogP contribution >= 0.6 is 0 Å². The lowest BCUT2D eigenvalue weighted by molar-refractivity contribution is 0.261. The first-order valence-corrected chi connectivity index (χ1v) is 6.82. The van der Waals surface area contributed by atoms with Gasteiger partial charge in [0.15, 0.2) is 0 Å². The number of nitrogens with one attached hydrogen (secondary N) is 1. The zero-order chi connectivity index (χ0) is 14.4. The van der Waals surface area contributed by atoms with E-state index >= 15 is 0 Å². The van der Waals surface area contributed by atoms with E-state index in [-0.39, 0.29) is 6.04 Å². The SMILES string of the molecule is CC(Nc1ccc(OCCN(C)C)cc1)c1ccco1. The van der Waals surface area contributed by atoms with E-state index in [0.717, 1.165) is 23.7 Å². The van der Waals surface area contributed by atoms with Crippen LogP contribution < -0.4 is 10.1 Å². The van der Waals surface area contributed by atoms with Crippen LogP contribution in [0.1, 0.15) is 18.7 Å². The second kappa shape index (κ2) is 7.01. The van der Waals surface area contributed by atoms with E-state index in [2.05, 4.69) is 17.1 Å². The van der Waals surface area contributed by atoms with Gasteiger partial charge in [-0.3, -0.25) is 0 Å². The summed E-state index contributed by atoms with van der Waals surface area (Å²) in [5.41, 5.74) is 1.05. The average Bonchev–Trinajstić information content (AvgIpc) is 2.94. The number of furan rings is 1. The Morgan fingerprint density at radius 2 is 1.95 bits per heavy atom. The quantitative estimate of drug-likeness (QED) is 0.839. The summed E-state index contributed by atoms with van der Waals surface area (Å²) in [6, 6.07) is 12.0. The first kappa shape index (κ1) is 14.5. The second-order valence-electron chi connectivity index (χ2n) is 5.06. The van der Waals surface area contributed by atoms with Gasteiger partial charge in [0.05, 0.1) is 12.3 Å². The van der Waals surface area contributed by atoms with E-state index in [4.69, 9.17) is 9.15 Å². The number of benzene rings is 1. The predicted octanol–water partition coefficient (Wildman–Crippen LogP) is 3.39. The molecule has 0 aliphatic carbocycles. The van der Waals surface area contributed by atoms with Gasteiger partial charge in [-0.1, -0.05) is 0 Å². The lowest BCUT2D eigenvalue weighted by Gasteiger charge is -2.14. The van der Waals surface area contributed by atoms with Crippen molar-refractivity contribution >= 4 is 5.69 Å². The first-order valence-electron chi connectivity index (χ1n) is 6.82. The third-order valence-corrected chi connectivity index (χ3v) is 3.01. The summed E-state index contributed by atoms with van der Waals surface area (Å²) >= 11 is 0. The Bertz CT molecular complexity index is 492. The summed E-state index contributed by atoms with van der Waals surface area (Å²) in [4.78, 5) is 2.10. The van der Waals surface area contributed by atoms with Crippen LogP contribution in [-0.2, 0) is 0 Å². The van der Waals surface area contributed by atoms with Gasteiger partial charge in [0.1, 0.15) is 18.1 Å². The molecule has 1 N–H and O–H groups in total. The standard InChI is InChI=1S/C16H22N2O2/c1-13(16-5-4-11-20-16)17-14-6-8-15(9-7-14)19-12-10-18(2)3/h4-9,11,13,17H,10,12H2,1-3H3. The molecule has 1 heterocycles. The van der Waals surface area contributed by atoms with Crippen LogP contribution in [0.2, 0.25) is 0 Å². The monoisotopic (exact) mass is 274 g/mol. The molecule has 0 bridgehead atoms. The molecule has 1 atom stereocenters. The molecule has 0 fully saturated rings. The molecule has 0 spiro atoms. The maximum atomic E-state index is 5.66. The minimum atomic E-state index is 0.144. The topological polar surface area (TPSA) is 37.6 Å². The number of anilines is 1. The van der Waals surface area contributed by atoms with Crippen LogP contribution in [0.15, 0.2) is 47.1 Å². The summed E-state index contributed by atoms with van der Waals surface area (Å²) in [5.74, 6) is 1.82. The van der Waals surface area contributed by atoms with E-state index in [0.29, 0.717) is 6.61 Å². The molecule has 1 unspecified atom stereocenters. The van der Waals surface area contributed by atoms with Gasteiger partial charge in [0.25, 0.3) is 0 Å². The normalized spacial score (nSPS) is 12.4. The number of hydrogen-bond donors (Lipinski definition) is 1. The van der Waals surface area contributed by atoms with Gasteiger partial charge < -0.3 is 19.4 Å². The van der Waals surface area contributed by atoms with E-state index in [1.807, 2.05) is 50.5 Å². The summed E-state index contributed by atoms with van der Waals surface area (Å²) in [6.07, 6.45) is 1.69. The Hall–Kier alpha value is -1.94. The van der Waals surface area contributed by atoms with Crippen molar-refractivity contribution in [2.45, 2.75) is 13.0 Å². The minimum Gasteiger partial charge on any atom is -0.492 e. The molecule has 1 aromatic heterocycles. The van der Waals surface area contributed by atoms with E-state index in [1.165, 1.54) is 0 Å². The van der Waals surface area contributed by atoms with Crippen molar-refractivity contribution in [2.75, 3.05) is 32.6 Å². The first-order chi connectivity index (χ1) is 9.65. The van der Waals surface area contributed by atoms with E-state index in [9.17, 15) is 0 Å². The highest BCUT2D eigenvalue weighted by Gasteiger charge is 2.07. The third-order valence-electron chi connectivity index (χ3n) is 3.01.